The molecule has 32 heavy (non-hydrogen) atoms. The Labute approximate surface area is 248 Å². The molecule has 0 bridgehead atoms. The molecule has 0 rings (SSSR count). The van der Waals surface area contributed by atoms with Crippen molar-refractivity contribution >= 4 is 0 Å². The van der Waals surface area contributed by atoms with Gasteiger partial charge >= 0.3 is 34.1 Å². The molecule has 0 amide bonds. The van der Waals surface area contributed by atoms with Gasteiger partial charge in [-0.2, -0.15) is 0 Å². The van der Waals surface area contributed by atoms with Crippen molar-refractivity contribution < 1.29 is 88.4 Å². The molecule has 3 N–H and O–H groups in total. The van der Waals surface area contributed by atoms with Crippen LogP contribution in [0.4, 0.5) is 0 Å². The summed E-state index contributed by atoms with van der Waals surface area (Å²) < 4.78 is 0.711. The van der Waals surface area contributed by atoms with Gasteiger partial charge in [-0.25, -0.2) is 10.4 Å². The summed E-state index contributed by atoms with van der Waals surface area (Å²) in [5.41, 5.74) is 2.79. The Morgan fingerprint density at radius 2 is 1.03 bits per heavy atom. The fourth-order valence-electron chi connectivity index (χ4n) is 3.26. The first-order chi connectivity index (χ1) is 12.3. The van der Waals surface area contributed by atoms with Gasteiger partial charge in [0.1, 0.15) is 0 Å². The minimum Gasteiger partial charge on any atom is -1.00 e. The molecule has 0 saturated heterocycles. The van der Waals surface area contributed by atoms with E-state index < -0.39 is 0 Å². The van der Waals surface area contributed by atoms with Crippen LogP contribution in [0.15, 0.2) is 0 Å². The molecule has 0 saturated carbocycles. The SMILES string of the molecule is CCC(CC)CCCC[15N+](C)(C)NN.CCC(CC)CCCC[15N](C)C.[Cl-].[Cl-].[Cl-].[Cl-].[Cu+2].[Cu+2]. The molecule has 0 heterocycles. The second-order valence-corrected chi connectivity index (χ2v) is 8.70. The number of hydrogen-bond acceptors (Lipinski definition) is 3. The van der Waals surface area contributed by atoms with E-state index in [0.29, 0.717) is 4.59 Å². The van der Waals surface area contributed by atoms with E-state index in [2.05, 4.69) is 66.3 Å². The first-order valence-electron chi connectivity index (χ1n) is 11.2. The summed E-state index contributed by atoms with van der Waals surface area (Å²) in [5.74, 6) is 7.33. The van der Waals surface area contributed by atoms with Crippen molar-refractivity contribution in [3.05, 3.63) is 0 Å². The van der Waals surface area contributed by atoms with Crippen LogP contribution in [0.25, 0.3) is 0 Å². The minimum absolute atomic E-state index is 0. The van der Waals surface area contributed by atoms with Crippen molar-refractivity contribution in [2.24, 2.45) is 17.7 Å². The fraction of sp³-hybridized carbons (Fsp3) is 1.00. The van der Waals surface area contributed by atoms with Crippen molar-refractivity contribution in [2.75, 3.05) is 41.3 Å². The number of halogens is 4. The molecule has 0 aliphatic carbocycles. The van der Waals surface area contributed by atoms with Crippen LogP contribution in [-0.4, -0.2) is 50.8 Å². The van der Waals surface area contributed by atoms with Gasteiger partial charge in [0.15, 0.2) is 0 Å². The summed E-state index contributed by atoms with van der Waals surface area (Å²) in [6, 6.07) is 0. The maximum atomic E-state index is 5.42. The smallest absolute Gasteiger partial charge is 1.00 e. The number of unbranched alkanes of at least 4 members (excludes halogenated alkanes) is 2. The number of hydrazine groups is 1. The molecular weight excluding hydrogens is 591 g/mol. The Balaban J connectivity index is -0.0000000509. The van der Waals surface area contributed by atoms with E-state index in [0.717, 1.165) is 18.4 Å². The molecule has 10 heteroatoms. The van der Waals surface area contributed by atoms with E-state index in [1.807, 2.05) is 0 Å². The predicted molar refractivity (Wildman–Crippen MR) is 119 cm³/mol. The van der Waals surface area contributed by atoms with Crippen LogP contribution in [0.3, 0.4) is 0 Å². The number of hydrogen-bond donors (Lipinski definition) is 2. The number of nitrogens with zero attached hydrogens (tertiary/aromatic N) is 2. The van der Waals surface area contributed by atoms with Crippen LogP contribution >= 0.6 is 0 Å². The first kappa shape index (κ1) is 54.8. The molecule has 2 radical (unpaired) electrons. The van der Waals surface area contributed by atoms with Crippen LogP contribution in [0.5, 0.6) is 0 Å². The monoisotopic (exact) mass is 641 g/mol. The van der Waals surface area contributed by atoms with E-state index in [9.17, 15) is 0 Å². The molecular formula is C22H53Cl4Cu2N4+. The van der Waals surface area contributed by atoms with Crippen LogP contribution < -0.4 is 61.0 Å². The van der Waals surface area contributed by atoms with Gasteiger partial charge in [0.2, 0.25) is 0 Å². The Morgan fingerprint density at radius 1 is 0.688 bits per heavy atom. The van der Waals surface area contributed by atoms with Gasteiger partial charge < -0.3 is 54.5 Å². The van der Waals surface area contributed by atoms with Gasteiger partial charge in [0.25, 0.3) is 0 Å². The molecule has 0 aromatic heterocycles. The zero-order valence-corrected chi connectivity index (χ0v) is 26.6. The quantitative estimate of drug-likeness (QED) is 0.0466. The summed E-state index contributed by atoms with van der Waals surface area (Å²) in [6.07, 6.45) is 13.5. The molecule has 0 spiro atoms. The zero-order chi connectivity index (χ0) is 20.4. The number of quaternary nitrogens is 1. The van der Waals surface area contributed by atoms with E-state index in [4.69, 9.17) is 5.84 Å². The molecule has 0 aromatic carbocycles. The van der Waals surface area contributed by atoms with Crippen molar-refractivity contribution in [2.45, 2.75) is 91.9 Å². The second kappa shape index (κ2) is 37.6. The molecule has 0 fully saturated rings. The molecule has 0 aromatic rings. The van der Waals surface area contributed by atoms with E-state index in [1.54, 1.807) is 0 Å². The molecule has 0 aliphatic heterocycles. The predicted octanol–water partition coefficient (Wildman–Crippen LogP) is -6.79. The third-order valence-corrected chi connectivity index (χ3v) is 5.71. The summed E-state index contributed by atoms with van der Waals surface area (Å²) in [6.45, 7) is 11.5. The second-order valence-electron chi connectivity index (χ2n) is 8.70. The van der Waals surface area contributed by atoms with Gasteiger partial charge in [-0.3, -0.25) is 0 Å². The average molecular weight is 645 g/mol. The van der Waals surface area contributed by atoms with E-state index in [-0.39, 0.29) is 83.8 Å². The van der Waals surface area contributed by atoms with Gasteiger partial charge in [-0.05, 0) is 51.7 Å². The maximum Gasteiger partial charge on any atom is 2.00 e. The van der Waals surface area contributed by atoms with Gasteiger partial charge in [-0.15, -0.1) is 5.53 Å². The Bertz CT molecular complexity index is 299. The Hall–Kier alpha value is 2.04. The molecule has 0 atom stereocenters. The van der Waals surface area contributed by atoms with Crippen molar-refractivity contribution in [3.8, 4) is 0 Å². The molecule has 210 valence electrons. The zero-order valence-electron chi connectivity index (χ0n) is 21.7. The van der Waals surface area contributed by atoms with Crippen LogP contribution in [0.1, 0.15) is 91.9 Å². The van der Waals surface area contributed by atoms with Crippen molar-refractivity contribution in [1.82, 2.24) is 10.4 Å². The first-order valence-corrected chi connectivity index (χ1v) is 11.2. The molecule has 4 nitrogen and oxygen atoms in total. The fourth-order valence-corrected chi connectivity index (χ4v) is 3.26. The summed E-state index contributed by atoms with van der Waals surface area (Å²) in [5, 5.41) is 0. The summed E-state index contributed by atoms with van der Waals surface area (Å²) >= 11 is 0. The number of rotatable bonds is 15. The standard InChI is InChI=1S/C11H28N3.C11H25N.4ClH.2Cu/c1-5-11(6-2)9-7-8-10-14(3,4)13-12;1-5-11(6-2)9-7-8-10-12(3)4;;;;;;/h11,13H,5-10,12H2,1-4H3;11H,5-10H2,1-4H3;4*1H;;/q+1;;;;;;2*+2/p-4/i14+1;12+1;;;;;;. The average Bonchev–Trinajstić information content (AvgIpc) is 2.62. The van der Waals surface area contributed by atoms with E-state index in [1.165, 1.54) is 70.8 Å². The van der Waals surface area contributed by atoms with Crippen molar-refractivity contribution in [3.63, 3.8) is 0 Å². The van der Waals surface area contributed by atoms with Gasteiger partial charge in [0, 0.05) is 0 Å². The summed E-state index contributed by atoms with van der Waals surface area (Å²) in [4.78, 5) is 2.27. The minimum atomic E-state index is 0. The third-order valence-electron chi connectivity index (χ3n) is 5.71. The maximum absolute atomic E-state index is 5.42. The Kier molecular flexibility index (Phi) is 64.4. The number of nitrogens with one attached hydrogen (secondary N) is 1. The summed E-state index contributed by atoms with van der Waals surface area (Å²) in [7, 11) is 8.49. The van der Waals surface area contributed by atoms with Gasteiger partial charge in [-0.1, -0.05) is 72.6 Å². The molecule has 0 aliphatic rings. The van der Waals surface area contributed by atoms with Crippen LogP contribution in [-0.2, 0) is 34.1 Å². The Morgan fingerprint density at radius 3 is 1.31 bits per heavy atom. The number of nitrogens with two attached hydrogens (primary N) is 1. The van der Waals surface area contributed by atoms with Gasteiger partial charge in [0.05, 0.1) is 20.6 Å². The van der Waals surface area contributed by atoms with Crippen LogP contribution in [0.2, 0.25) is 0 Å². The van der Waals surface area contributed by atoms with Crippen LogP contribution in [0, 0.1) is 11.8 Å². The third kappa shape index (κ3) is 39.3. The normalized spacial score (nSPS) is 9.75. The molecule has 0 unspecified atom stereocenters. The largest absolute Gasteiger partial charge is 2.00 e. The van der Waals surface area contributed by atoms with E-state index >= 15 is 0 Å². The van der Waals surface area contributed by atoms with Crippen molar-refractivity contribution in [1.29, 1.82) is 0 Å². The topological polar surface area (TPSA) is 41.3 Å².